The number of hydrogen-bond acceptors (Lipinski definition) is 5. The van der Waals surface area contributed by atoms with Crippen LogP contribution in [0.15, 0.2) is 6.07 Å². The number of ether oxygens (including phenoxy) is 3. The van der Waals surface area contributed by atoms with E-state index in [1.165, 1.54) is 0 Å². The summed E-state index contributed by atoms with van der Waals surface area (Å²) in [6.45, 7) is 0.468. The van der Waals surface area contributed by atoms with Crippen molar-refractivity contribution in [3.63, 3.8) is 0 Å². The van der Waals surface area contributed by atoms with Crippen LogP contribution in [-0.4, -0.2) is 63.7 Å². The molecule has 1 unspecified atom stereocenters. The Morgan fingerprint density at radius 1 is 1.15 bits per heavy atom. The lowest BCUT2D eigenvalue weighted by atomic mass is 10.0. The molecule has 26 heavy (non-hydrogen) atoms. The lowest BCUT2D eigenvalue weighted by Gasteiger charge is -2.23. The number of amides is 1. The van der Waals surface area contributed by atoms with Crippen LogP contribution in [0.1, 0.15) is 17.5 Å². The Bertz CT molecular complexity index is 696. The zero-order valence-corrected chi connectivity index (χ0v) is 15.2. The highest BCUT2D eigenvalue weighted by Gasteiger charge is 2.43. The number of nitrogens with zero attached hydrogens (tertiary/aromatic N) is 1. The zero-order valence-electron chi connectivity index (χ0n) is 15.2. The molecule has 1 N–H and O–H groups in total. The van der Waals surface area contributed by atoms with Crippen LogP contribution in [0.25, 0.3) is 0 Å². The first-order valence-corrected chi connectivity index (χ1v) is 8.61. The van der Waals surface area contributed by atoms with E-state index in [1.807, 2.05) is 6.07 Å². The molecule has 144 valence electrons. The van der Waals surface area contributed by atoms with Crippen molar-refractivity contribution in [2.75, 3.05) is 41.0 Å². The highest BCUT2D eigenvalue weighted by Crippen LogP contribution is 2.43. The second-order valence-corrected chi connectivity index (χ2v) is 6.60. The maximum atomic E-state index is 13.4. The molecule has 1 atom stereocenters. The molecule has 1 fully saturated rings. The van der Waals surface area contributed by atoms with Gasteiger partial charge in [-0.2, -0.15) is 0 Å². The average molecular weight is 370 g/mol. The quantitative estimate of drug-likeness (QED) is 0.873. The van der Waals surface area contributed by atoms with Crippen LogP contribution in [0.4, 0.5) is 8.78 Å². The molecule has 0 aromatic heterocycles. The fourth-order valence-corrected chi connectivity index (χ4v) is 3.71. The van der Waals surface area contributed by atoms with Gasteiger partial charge in [-0.05, 0) is 24.5 Å². The number of halogens is 2. The molecule has 3 rings (SSSR count). The standard InChI is InChI=1S/C18H24F2N2O4/c1-24-14-8-11-4-6-22(17(23)13-9-18(19,20)10-21-13)7-5-12(11)15(25-2)16(14)26-3/h8,13,21H,4-7,9-10H2,1-3H3. The summed E-state index contributed by atoms with van der Waals surface area (Å²) >= 11 is 0. The zero-order chi connectivity index (χ0) is 18.9. The van der Waals surface area contributed by atoms with Gasteiger partial charge in [0.15, 0.2) is 11.5 Å². The van der Waals surface area contributed by atoms with E-state index in [-0.39, 0.29) is 5.91 Å². The van der Waals surface area contributed by atoms with Crippen molar-refractivity contribution in [1.29, 1.82) is 0 Å². The number of rotatable bonds is 4. The molecule has 2 aliphatic heterocycles. The fourth-order valence-electron chi connectivity index (χ4n) is 3.71. The molecular weight excluding hydrogens is 346 g/mol. The smallest absolute Gasteiger partial charge is 0.262 e. The van der Waals surface area contributed by atoms with Crippen molar-refractivity contribution >= 4 is 5.91 Å². The summed E-state index contributed by atoms with van der Waals surface area (Å²) in [5.41, 5.74) is 1.98. The van der Waals surface area contributed by atoms with Gasteiger partial charge in [-0.15, -0.1) is 0 Å². The van der Waals surface area contributed by atoms with Crippen LogP contribution in [0.5, 0.6) is 17.2 Å². The maximum absolute atomic E-state index is 13.4. The second kappa shape index (κ2) is 7.26. The Morgan fingerprint density at radius 2 is 1.85 bits per heavy atom. The van der Waals surface area contributed by atoms with Gasteiger partial charge in [-0.25, -0.2) is 8.78 Å². The van der Waals surface area contributed by atoms with E-state index in [2.05, 4.69) is 5.32 Å². The molecule has 1 saturated heterocycles. The highest BCUT2D eigenvalue weighted by atomic mass is 19.3. The fraction of sp³-hybridized carbons (Fsp3) is 0.611. The Hall–Kier alpha value is -2.09. The summed E-state index contributed by atoms with van der Waals surface area (Å²) in [5.74, 6) is -1.40. The summed E-state index contributed by atoms with van der Waals surface area (Å²) in [6, 6.07) is 1.07. The first-order chi connectivity index (χ1) is 12.4. The predicted molar refractivity (Wildman–Crippen MR) is 91.4 cm³/mol. The molecule has 1 amide bonds. The van der Waals surface area contributed by atoms with Gasteiger partial charge >= 0.3 is 0 Å². The molecule has 0 aliphatic carbocycles. The Kier molecular flexibility index (Phi) is 5.22. The van der Waals surface area contributed by atoms with E-state index in [1.54, 1.807) is 26.2 Å². The Labute approximate surface area is 151 Å². The molecule has 8 heteroatoms. The van der Waals surface area contributed by atoms with Gasteiger partial charge in [-0.1, -0.05) is 0 Å². The molecule has 2 heterocycles. The van der Waals surface area contributed by atoms with Gasteiger partial charge in [0.1, 0.15) is 0 Å². The average Bonchev–Trinajstić information content (AvgIpc) is 2.86. The van der Waals surface area contributed by atoms with Crippen LogP contribution in [-0.2, 0) is 17.6 Å². The summed E-state index contributed by atoms with van der Waals surface area (Å²) in [5, 5.41) is 2.64. The molecule has 0 bridgehead atoms. The third-order valence-corrected chi connectivity index (χ3v) is 5.03. The lowest BCUT2D eigenvalue weighted by Crippen LogP contribution is -2.44. The first kappa shape index (κ1) is 18.7. The third-order valence-electron chi connectivity index (χ3n) is 5.03. The summed E-state index contributed by atoms with van der Waals surface area (Å²) in [7, 11) is 4.67. The normalized spacial score (nSPS) is 21.7. The van der Waals surface area contributed by atoms with Crippen molar-refractivity contribution in [1.82, 2.24) is 10.2 Å². The predicted octanol–water partition coefficient (Wildman–Crippen LogP) is 1.64. The first-order valence-electron chi connectivity index (χ1n) is 8.61. The van der Waals surface area contributed by atoms with Gasteiger partial charge in [0.25, 0.3) is 5.92 Å². The van der Waals surface area contributed by atoms with E-state index in [9.17, 15) is 13.6 Å². The largest absolute Gasteiger partial charge is 0.493 e. The van der Waals surface area contributed by atoms with Crippen molar-refractivity contribution in [3.05, 3.63) is 17.2 Å². The minimum atomic E-state index is -2.82. The van der Waals surface area contributed by atoms with Crippen LogP contribution >= 0.6 is 0 Å². The van der Waals surface area contributed by atoms with Crippen molar-refractivity contribution in [2.45, 2.75) is 31.2 Å². The Balaban J connectivity index is 1.82. The summed E-state index contributed by atoms with van der Waals surface area (Å²) in [4.78, 5) is 14.3. The lowest BCUT2D eigenvalue weighted by molar-refractivity contribution is -0.133. The van der Waals surface area contributed by atoms with Crippen LogP contribution in [0.2, 0.25) is 0 Å². The summed E-state index contributed by atoms with van der Waals surface area (Å²) < 4.78 is 43.2. The van der Waals surface area contributed by atoms with Gasteiger partial charge in [0.2, 0.25) is 11.7 Å². The molecule has 1 aromatic carbocycles. The number of benzene rings is 1. The number of carbonyl (C=O) groups is 1. The number of hydrogen-bond donors (Lipinski definition) is 1. The van der Waals surface area contributed by atoms with E-state index < -0.39 is 24.9 Å². The Morgan fingerprint density at radius 3 is 2.42 bits per heavy atom. The molecule has 1 aromatic rings. The van der Waals surface area contributed by atoms with E-state index >= 15 is 0 Å². The number of alkyl halides is 2. The molecular formula is C18H24F2N2O4. The third kappa shape index (κ3) is 3.42. The monoisotopic (exact) mass is 370 g/mol. The van der Waals surface area contributed by atoms with Crippen LogP contribution < -0.4 is 19.5 Å². The van der Waals surface area contributed by atoms with Crippen molar-refractivity contribution < 1.29 is 27.8 Å². The van der Waals surface area contributed by atoms with E-state index in [0.717, 1.165) is 11.1 Å². The number of fused-ring (bicyclic) bond motifs is 1. The maximum Gasteiger partial charge on any atom is 0.262 e. The van der Waals surface area contributed by atoms with E-state index in [4.69, 9.17) is 14.2 Å². The van der Waals surface area contributed by atoms with Gasteiger partial charge < -0.3 is 19.1 Å². The summed E-state index contributed by atoms with van der Waals surface area (Å²) in [6.07, 6.45) is 0.717. The topological polar surface area (TPSA) is 60.0 Å². The number of nitrogens with one attached hydrogen (secondary N) is 1. The molecule has 0 spiro atoms. The second-order valence-electron chi connectivity index (χ2n) is 6.60. The number of methoxy groups -OCH3 is 3. The van der Waals surface area contributed by atoms with Crippen LogP contribution in [0.3, 0.4) is 0 Å². The SMILES string of the molecule is COc1cc2c(c(OC)c1OC)CCN(C(=O)C1CC(F)(F)CN1)CC2. The van der Waals surface area contributed by atoms with Crippen molar-refractivity contribution in [2.24, 2.45) is 0 Å². The molecule has 0 saturated carbocycles. The molecule has 0 radical (unpaired) electrons. The van der Waals surface area contributed by atoms with Crippen LogP contribution in [0, 0.1) is 0 Å². The molecule has 2 aliphatic rings. The minimum absolute atomic E-state index is 0.270. The van der Waals surface area contributed by atoms with Gasteiger partial charge in [-0.3, -0.25) is 10.1 Å². The van der Waals surface area contributed by atoms with Gasteiger partial charge in [0.05, 0.1) is 33.9 Å². The van der Waals surface area contributed by atoms with E-state index in [0.29, 0.717) is 43.2 Å². The van der Waals surface area contributed by atoms with Gasteiger partial charge in [0, 0.05) is 25.1 Å². The highest BCUT2D eigenvalue weighted by molar-refractivity contribution is 5.82. The van der Waals surface area contributed by atoms with Crippen molar-refractivity contribution in [3.8, 4) is 17.2 Å². The molecule has 6 nitrogen and oxygen atoms in total. The minimum Gasteiger partial charge on any atom is -0.493 e. The number of carbonyl (C=O) groups excluding carboxylic acids is 1.